The highest BCUT2D eigenvalue weighted by atomic mass is 16.3. The lowest BCUT2D eigenvalue weighted by Crippen LogP contribution is -2.27. The van der Waals surface area contributed by atoms with Gasteiger partial charge < -0.3 is 22.3 Å². The van der Waals surface area contributed by atoms with Gasteiger partial charge in [-0.1, -0.05) is 0 Å². The molecule has 0 aliphatic rings. The summed E-state index contributed by atoms with van der Waals surface area (Å²) in [5.74, 6) is -0.0846. The van der Waals surface area contributed by atoms with E-state index in [1.807, 2.05) is 6.92 Å². The van der Waals surface area contributed by atoms with Crippen LogP contribution in [0.4, 0.5) is 0 Å². The Balaban J connectivity index is 4.14. The van der Waals surface area contributed by atoms with Crippen molar-refractivity contribution in [3.8, 4) is 0 Å². The Kier molecular flexibility index (Phi) is 4.83. The van der Waals surface area contributed by atoms with Crippen LogP contribution < -0.4 is 17.2 Å². The zero-order valence-electron chi connectivity index (χ0n) is 7.94. The zero-order chi connectivity index (χ0) is 10.4. The largest absolute Gasteiger partial charge is 0.393 e. The first-order chi connectivity index (χ1) is 5.91. The SMILES string of the molecule is CC(O)CC(C)N=C(N)N=C(N)N. The molecule has 0 aromatic rings. The standard InChI is InChI=1S/C7H17N5O/c1-4(3-5(2)13)11-7(10)12-6(8)9/h4-5,13H,3H2,1-2H3,(H6,8,9,10,11,12). The molecule has 13 heavy (non-hydrogen) atoms. The van der Waals surface area contributed by atoms with Gasteiger partial charge in [0.1, 0.15) is 0 Å². The van der Waals surface area contributed by atoms with Crippen LogP contribution in [0.2, 0.25) is 0 Å². The normalized spacial score (nSPS) is 16.4. The van der Waals surface area contributed by atoms with Crippen LogP contribution in [0.15, 0.2) is 9.98 Å². The quantitative estimate of drug-likeness (QED) is 0.325. The summed E-state index contributed by atoms with van der Waals surface area (Å²) in [4.78, 5) is 7.49. The van der Waals surface area contributed by atoms with Crippen molar-refractivity contribution in [3.05, 3.63) is 0 Å². The highest BCUT2D eigenvalue weighted by molar-refractivity contribution is 5.92. The number of guanidine groups is 2. The molecule has 0 heterocycles. The first kappa shape index (κ1) is 11.7. The van der Waals surface area contributed by atoms with Gasteiger partial charge in [0.15, 0.2) is 5.96 Å². The van der Waals surface area contributed by atoms with Crippen LogP contribution in [0.1, 0.15) is 20.3 Å². The van der Waals surface area contributed by atoms with Crippen molar-refractivity contribution in [3.63, 3.8) is 0 Å². The second-order valence-corrected chi connectivity index (χ2v) is 2.96. The Hall–Kier alpha value is -1.30. The minimum atomic E-state index is -0.411. The predicted molar refractivity (Wildman–Crippen MR) is 53.2 cm³/mol. The van der Waals surface area contributed by atoms with E-state index in [4.69, 9.17) is 22.3 Å². The number of hydrogen-bond acceptors (Lipinski definition) is 2. The lowest BCUT2D eigenvalue weighted by atomic mass is 10.2. The van der Waals surface area contributed by atoms with Crippen molar-refractivity contribution in [1.29, 1.82) is 0 Å². The fourth-order valence-corrected chi connectivity index (χ4v) is 0.933. The molecule has 0 saturated heterocycles. The second kappa shape index (κ2) is 5.36. The van der Waals surface area contributed by atoms with Crippen LogP contribution in [0.3, 0.4) is 0 Å². The number of nitrogens with two attached hydrogens (primary N) is 3. The van der Waals surface area contributed by atoms with Gasteiger partial charge in [-0.15, -0.1) is 0 Å². The summed E-state index contributed by atoms with van der Waals surface area (Å²) in [6.07, 6.45) is 0.117. The van der Waals surface area contributed by atoms with Gasteiger partial charge in [-0.05, 0) is 20.3 Å². The average molecular weight is 187 g/mol. The molecule has 2 unspecified atom stereocenters. The molecule has 0 radical (unpaired) electrons. The molecule has 0 amide bonds. The molecular formula is C7H17N5O. The van der Waals surface area contributed by atoms with Crippen LogP contribution in [0, 0.1) is 0 Å². The number of aliphatic imine (C=N–C) groups is 2. The van der Waals surface area contributed by atoms with Crippen molar-refractivity contribution >= 4 is 11.9 Å². The highest BCUT2D eigenvalue weighted by Gasteiger charge is 2.04. The maximum atomic E-state index is 9.02. The van der Waals surface area contributed by atoms with E-state index in [9.17, 15) is 0 Å². The molecule has 2 atom stereocenters. The highest BCUT2D eigenvalue weighted by Crippen LogP contribution is 2.00. The van der Waals surface area contributed by atoms with Gasteiger partial charge >= 0.3 is 0 Å². The van der Waals surface area contributed by atoms with Crippen molar-refractivity contribution < 1.29 is 5.11 Å². The van der Waals surface area contributed by atoms with Gasteiger partial charge in [0.2, 0.25) is 5.96 Å². The molecule has 6 heteroatoms. The van der Waals surface area contributed by atoms with Crippen molar-refractivity contribution in [2.75, 3.05) is 0 Å². The Bertz CT molecular complexity index is 207. The van der Waals surface area contributed by atoms with E-state index in [2.05, 4.69) is 9.98 Å². The van der Waals surface area contributed by atoms with E-state index < -0.39 is 6.10 Å². The van der Waals surface area contributed by atoms with Gasteiger partial charge in [0.25, 0.3) is 0 Å². The van der Waals surface area contributed by atoms with Gasteiger partial charge in [-0.25, -0.2) is 4.99 Å². The van der Waals surface area contributed by atoms with Crippen LogP contribution in [0.25, 0.3) is 0 Å². The van der Waals surface area contributed by atoms with Gasteiger partial charge in [0.05, 0.1) is 12.1 Å². The molecule has 0 fully saturated rings. The monoisotopic (exact) mass is 187 g/mol. The van der Waals surface area contributed by atoms with E-state index in [1.54, 1.807) is 6.92 Å². The van der Waals surface area contributed by atoms with Crippen molar-refractivity contribution in [2.45, 2.75) is 32.4 Å². The Labute approximate surface area is 77.5 Å². The average Bonchev–Trinajstić information content (AvgIpc) is 1.80. The van der Waals surface area contributed by atoms with Crippen LogP contribution in [-0.2, 0) is 0 Å². The Morgan fingerprint density at radius 3 is 2.23 bits per heavy atom. The summed E-state index contributed by atoms with van der Waals surface area (Å²) in [7, 11) is 0. The minimum absolute atomic E-state index is 0.0353. The Morgan fingerprint density at radius 2 is 1.85 bits per heavy atom. The zero-order valence-corrected chi connectivity index (χ0v) is 7.94. The fraction of sp³-hybridized carbons (Fsp3) is 0.714. The van der Waals surface area contributed by atoms with E-state index in [-0.39, 0.29) is 18.0 Å². The molecule has 7 N–H and O–H groups in total. The summed E-state index contributed by atoms with van der Waals surface area (Å²) in [6.45, 7) is 3.50. The summed E-state index contributed by atoms with van der Waals surface area (Å²) >= 11 is 0. The van der Waals surface area contributed by atoms with Crippen LogP contribution in [0.5, 0.6) is 0 Å². The first-order valence-electron chi connectivity index (χ1n) is 4.02. The molecule has 0 rings (SSSR count). The smallest absolute Gasteiger partial charge is 0.218 e. The predicted octanol–water partition coefficient (Wildman–Crippen LogP) is -1.27. The molecule has 6 nitrogen and oxygen atoms in total. The lowest BCUT2D eigenvalue weighted by Gasteiger charge is -2.08. The molecule has 0 aromatic heterocycles. The maximum Gasteiger partial charge on any atom is 0.218 e. The number of nitrogens with zero attached hydrogens (tertiary/aromatic N) is 2. The molecule has 76 valence electrons. The summed E-state index contributed by atoms with van der Waals surface area (Å²) in [5.41, 5.74) is 15.5. The first-order valence-corrected chi connectivity index (χ1v) is 4.02. The van der Waals surface area contributed by atoms with E-state index in [0.717, 1.165) is 0 Å². The third-order valence-corrected chi connectivity index (χ3v) is 1.28. The van der Waals surface area contributed by atoms with E-state index in [0.29, 0.717) is 6.42 Å². The molecule has 0 aliphatic heterocycles. The fourth-order valence-electron chi connectivity index (χ4n) is 0.933. The molecule has 0 aliphatic carbocycles. The second-order valence-electron chi connectivity index (χ2n) is 2.96. The maximum absolute atomic E-state index is 9.02. The van der Waals surface area contributed by atoms with Crippen LogP contribution in [-0.4, -0.2) is 29.2 Å². The summed E-state index contributed by atoms with van der Waals surface area (Å²) < 4.78 is 0. The van der Waals surface area contributed by atoms with Gasteiger partial charge in [0, 0.05) is 0 Å². The lowest BCUT2D eigenvalue weighted by molar-refractivity contribution is 0.177. The molecular weight excluding hydrogens is 170 g/mol. The minimum Gasteiger partial charge on any atom is -0.393 e. The third-order valence-electron chi connectivity index (χ3n) is 1.28. The third kappa shape index (κ3) is 7.07. The summed E-state index contributed by atoms with van der Waals surface area (Å²) in [6, 6.07) is -0.0944. The van der Waals surface area contributed by atoms with E-state index >= 15 is 0 Å². The topological polar surface area (TPSA) is 123 Å². The van der Waals surface area contributed by atoms with Crippen molar-refractivity contribution in [1.82, 2.24) is 0 Å². The van der Waals surface area contributed by atoms with E-state index in [1.165, 1.54) is 0 Å². The number of hydrogen-bond donors (Lipinski definition) is 4. The van der Waals surface area contributed by atoms with Crippen molar-refractivity contribution in [2.24, 2.45) is 27.2 Å². The number of aliphatic hydroxyl groups is 1. The summed E-state index contributed by atoms with van der Waals surface area (Å²) in [5, 5.41) is 9.02. The van der Waals surface area contributed by atoms with Gasteiger partial charge in [-0.3, -0.25) is 0 Å². The molecule has 0 bridgehead atoms. The Morgan fingerprint density at radius 1 is 1.31 bits per heavy atom. The molecule has 0 saturated carbocycles. The number of rotatable bonds is 3. The molecule has 0 spiro atoms. The van der Waals surface area contributed by atoms with Gasteiger partial charge in [-0.2, -0.15) is 4.99 Å². The molecule has 0 aromatic carbocycles. The number of aliphatic hydroxyl groups excluding tert-OH is 1. The van der Waals surface area contributed by atoms with Crippen LogP contribution >= 0.6 is 0 Å².